The van der Waals surface area contributed by atoms with Crippen molar-refractivity contribution < 1.29 is 9.53 Å². The van der Waals surface area contributed by atoms with Crippen molar-refractivity contribution in [1.29, 1.82) is 0 Å². The number of hydrogen-bond acceptors (Lipinski definition) is 4. The highest BCUT2D eigenvalue weighted by molar-refractivity contribution is 6.30. The minimum absolute atomic E-state index is 0. The van der Waals surface area contributed by atoms with Gasteiger partial charge in [0.1, 0.15) is 5.75 Å². The third-order valence-electron chi connectivity index (χ3n) is 4.56. The molecule has 0 aromatic heterocycles. The fourth-order valence-corrected chi connectivity index (χ4v) is 3.47. The lowest BCUT2D eigenvalue weighted by atomic mass is 10.0. The van der Waals surface area contributed by atoms with E-state index in [1.54, 1.807) is 7.11 Å². The number of amides is 1. The summed E-state index contributed by atoms with van der Waals surface area (Å²) < 4.78 is 5.34. The topological polar surface area (TPSA) is 53.6 Å². The van der Waals surface area contributed by atoms with E-state index >= 15 is 0 Å². The number of methoxy groups -OCH3 is 1. The average molecular weight is 410 g/mol. The van der Waals surface area contributed by atoms with Crippen molar-refractivity contribution in [1.82, 2.24) is 10.2 Å². The second-order valence-electron chi connectivity index (χ2n) is 6.50. The molecule has 2 N–H and O–H groups in total. The number of nitrogens with zero attached hydrogens (tertiary/aromatic N) is 1. The maximum absolute atomic E-state index is 12.6. The van der Waals surface area contributed by atoms with Crippen LogP contribution in [0.5, 0.6) is 5.75 Å². The summed E-state index contributed by atoms with van der Waals surface area (Å²) in [5.74, 6) is 0.610. The van der Waals surface area contributed by atoms with Gasteiger partial charge in [-0.3, -0.25) is 9.69 Å². The monoisotopic (exact) mass is 409 g/mol. The first kappa shape index (κ1) is 21.5. The van der Waals surface area contributed by atoms with Gasteiger partial charge in [0.25, 0.3) is 0 Å². The quantitative estimate of drug-likeness (QED) is 0.790. The van der Waals surface area contributed by atoms with E-state index in [0.29, 0.717) is 23.0 Å². The molecule has 1 saturated heterocycles. The second-order valence-corrected chi connectivity index (χ2v) is 6.93. The fraction of sp³-hybridized carbons (Fsp3) is 0.350. The lowest BCUT2D eigenvalue weighted by Crippen LogP contribution is -2.48. The highest BCUT2D eigenvalue weighted by Gasteiger charge is 2.26. The number of carbonyl (C=O) groups excluding carboxylic acids is 1. The molecule has 0 spiro atoms. The van der Waals surface area contributed by atoms with Crippen molar-refractivity contribution in [3.63, 3.8) is 0 Å². The summed E-state index contributed by atoms with van der Waals surface area (Å²) in [6.07, 6.45) is 0. The molecule has 1 aliphatic rings. The molecule has 1 unspecified atom stereocenters. The minimum Gasteiger partial charge on any atom is -0.495 e. The van der Waals surface area contributed by atoms with Crippen molar-refractivity contribution >= 4 is 35.6 Å². The van der Waals surface area contributed by atoms with Crippen molar-refractivity contribution in [3.05, 3.63) is 58.6 Å². The van der Waals surface area contributed by atoms with Gasteiger partial charge in [-0.1, -0.05) is 29.8 Å². The van der Waals surface area contributed by atoms with Gasteiger partial charge in [-0.2, -0.15) is 0 Å². The second kappa shape index (κ2) is 9.95. The number of aryl methyl sites for hydroxylation is 1. The average Bonchev–Trinajstić information content (AvgIpc) is 2.62. The molecular formula is C20H25Cl2N3O2. The zero-order valence-corrected chi connectivity index (χ0v) is 17.1. The number of nitrogens with one attached hydrogen (secondary N) is 2. The Morgan fingerprint density at radius 2 is 2.15 bits per heavy atom. The molecule has 2 aromatic rings. The number of rotatable bonds is 5. The Labute approximate surface area is 171 Å². The SMILES string of the molecule is COc1ccc(C)cc1NC(=O)CN1CCNCC1c1cccc(Cl)c1.Cl. The van der Waals surface area contributed by atoms with Gasteiger partial charge in [0.15, 0.2) is 0 Å². The van der Waals surface area contributed by atoms with Gasteiger partial charge < -0.3 is 15.4 Å². The van der Waals surface area contributed by atoms with Crippen molar-refractivity contribution in [2.24, 2.45) is 0 Å². The number of hydrogen-bond donors (Lipinski definition) is 2. The third kappa shape index (κ3) is 5.59. The Morgan fingerprint density at radius 3 is 2.89 bits per heavy atom. The van der Waals surface area contributed by atoms with Crippen LogP contribution in [0.25, 0.3) is 0 Å². The molecule has 0 radical (unpaired) electrons. The van der Waals surface area contributed by atoms with Gasteiger partial charge in [-0.05, 0) is 42.3 Å². The minimum atomic E-state index is -0.0529. The summed E-state index contributed by atoms with van der Waals surface area (Å²) in [4.78, 5) is 14.8. The lowest BCUT2D eigenvalue weighted by molar-refractivity contribution is -0.118. The molecule has 5 nitrogen and oxygen atoms in total. The number of halogens is 2. The first-order valence-corrected chi connectivity index (χ1v) is 9.09. The van der Waals surface area contributed by atoms with Crippen LogP contribution in [0.4, 0.5) is 5.69 Å². The molecule has 146 valence electrons. The number of benzene rings is 2. The number of ether oxygens (including phenoxy) is 1. The first-order valence-electron chi connectivity index (χ1n) is 8.71. The highest BCUT2D eigenvalue weighted by Crippen LogP contribution is 2.27. The predicted molar refractivity (Wildman–Crippen MR) is 112 cm³/mol. The normalized spacial score (nSPS) is 17.1. The highest BCUT2D eigenvalue weighted by atomic mass is 35.5. The first-order chi connectivity index (χ1) is 12.6. The van der Waals surface area contributed by atoms with Gasteiger partial charge >= 0.3 is 0 Å². The van der Waals surface area contributed by atoms with Crippen LogP contribution >= 0.6 is 24.0 Å². The van der Waals surface area contributed by atoms with Crippen molar-refractivity contribution in [2.45, 2.75) is 13.0 Å². The Kier molecular flexibility index (Phi) is 7.92. The zero-order chi connectivity index (χ0) is 18.5. The van der Waals surface area contributed by atoms with Crippen molar-refractivity contribution in [3.8, 4) is 5.75 Å². The molecule has 1 atom stereocenters. The maximum atomic E-state index is 12.6. The Bertz CT molecular complexity index is 786. The Balaban J connectivity index is 0.00000261. The van der Waals surface area contributed by atoms with Crippen LogP contribution in [0.1, 0.15) is 17.2 Å². The molecule has 1 fully saturated rings. The Morgan fingerprint density at radius 1 is 1.33 bits per heavy atom. The fourth-order valence-electron chi connectivity index (χ4n) is 3.27. The van der Waals surface area contributed by atoms with Crippen LogP contribution in [-0.4, -0.2) is 44.1 Å². The zero-order valence-electron chi connectivity index (χ0n) is 15.5. The number of carbonyl (C=O) groups is 1. The van der Waals surface area contributed by atoms with Crippen LogP contribution < -0.4 is 15.4 Å². The molecule has 3 rings (SSSR count). The van der Waals surface area contributed by atoms with Gasteiger partial charge in [0, 0.05) is 30.7 Å². The van der Waals surface area contributed by atoms with Crippen LogP contribution in [-0.2, 0) is 4.79 Å². The summed E-state index contributed by atoms with van der Waals surface area (Å²) in [6, 6.07) is 13.7. The van der Waals surface area contributed by atoms with Crippen LogP contribution in [0.2, 0.25) is 5.02 Å². The summed E-state index contributed by atoms with van der Waals surface area (Å²) in [6.45, 7) is 4.76. The number of anilines is 1. The molecule has 0 saturated carbocycles. The third-order valence-corrected chi connectivity index (χ3v) is 4.80. The summed E-state index contributed by atoms with van der Waals surface area (Å²) in [7, 11) is 1.60. The molecule has 27 heavy (non-hydrogen) atoms. The van der Waals surface area contributed by atoms with E-state index in [1.807, 2.05) is 43.3 Å². The molecule has 1 amide bonds. The summed E-state index contributed by atoms with van der Waals surface area (Å²) in [5, 5.41) is 7.09. The maximum Gasteiger partial charge on any atom is 0.238 e. The molecule has 1 aliphatic heterocycles. The largest absolute Gasteiger partial charge is 0.495 e. The molecule has 7 heteroatoms. The molecule has 2 aromatic carbocycles. The van der Waals surface area contributed by atoms with Gasteiger partial charge in [-0.25, -0.2) is 0 Å². The Hall–Kier alpha value is -1.79. The van der Waals surface area contributed by atoms with Crippen LogP contribution in [0.3, 0.4) is 0 Å². The van der Waals surface area contributed by atoms with Gasteiger partial charge in [0.05, 0.1) is 19.3 Å². The van der Waals surface area contributed by atoms with E-state index in [0.717, 1.165) is 30.8 Å². The van der Waals surface area contributed by atoms with E-state index in [9.17, 15) is 4.79 Å². The molecule has 1 heterocycles. The molecule has 0 bridgehead atoms. The van der Waals surface area contributed by atoms with E-state index in [2.05, 4.69) is 21.6 Å². The lowest BCUT2D eigenvalue weighted by Gasteiger charge is -2.36. The van der Waals surface area contributed by atoms with E-state index in [1.165, 1.54) is 0 Å². The standard InChI is InChI=1S/C20H24ClN3O2.ClH/c1-14-6-7-19(26-2)17(10-14)23-20(25)13-24-9-8-22-12-18(24)15-4-3-5-16(21)11-15;/h3-7,10-11,18,22H,8-9,12-13H2,1-2H3,(H,23,25);1H. The molecule has 0 aliphatic carbocycles. The van der Waals surface area contributed by atoms with E-state index in [4.69, 9.17) is 16.3 Å². The number of piperazine rings is 1. The van der Waals surface area contributed by atoms with E-state index < -0.39 is 0 Å². The summed E-state index contributed by atoms with van der Waals surface area (Å²) in [5.41, 5.74) is 2.89. The van der Waals surface area contributed by atoms with Gasteiger partial charge in [-0.15, -0.1) is 12.4 Å². The summed E-state index contributed by atoms with van der Waals surface area (Å²) >= 11 is 6.14. The van der Waals surface area contributed by atoms with Crippen LogP contribution in [0, 0.1) is 6.92 Å². The van der Waals surface area contributed by atoms with Crippen molar-refractivity contribution in [2.75, 3.05) is 38.6 Å². The predicted octanol–water partition coefficient (Wildman–Crippen LogP) is 3.66. The van der Waals surface area contributed by atoms with Gasteiger partial charge in [0.2, 0.25) is 5.91 Å². The molecular weight excluding hydrogens is 385 g/mol. The smallest absolute Gasteiger partial charge is 0.238 e. The van der Waals surface area contributed by atoms with Crippen LogP contribution in [0.15, 0.2) is 42.5 Å². The van der Waals surface area contributed by atoms with E-state index in [-0.39, 0.29) is 24.4 Å².